The smallest absolute Gasteiger partial charge is 1.00 e. The van der Waals surface area contributed by atoms with E-state index in [1.54, 1.807) is 0 Å². The molecule has 1 nitrogen and oxygen atoms in total. The van der Waals surface area contributed by atoms with E-state index in [1.165, 1.54) is 31.3 Å². The predicted octanol–water partition coefficient (Wildman–Crippen LogP) is -1.72. The first-order valence-corrected chi connectivity index (χ1v) is 8.88. The number of benzene rings is 3. The maximum Gasteiger partial charge on any atom is -1.00 e. The van der Waals surface area contributed by atoms with E-state index in [4.69, 9.17) is 3.32 Å². The Morgan fingerprint density at radius 2 is 1.58 bits per heavy atom. The molecule has 1 unspecified atom stereocenters. The predicted molar refractivity (Wildman–Crippen MR) is 87.9 cm³/mol. The van der Waals surface area contributed by atoms with Gasteiger partial charge in [-0.2, -0.15) is 0 Å². The molecule has 0 aromatic heterocycles. The fourth-order valence-corrected chi connectivity index (χ4v) is 4.69. The maximum atomic E-state index is 5.63. The van der Waals surface area contributed by atoms with E-state index in [2.05, 4.69) is 72.8 Å². The van der Waals surface area contributed by atoms with E-state index in [-0.39, 0.29) is 24.8 Å². The first kappa shape index (κ1) is 19.2. The van der Waals surface area contributed by atoms with Crippen LogP contribution in [0.5, 0.6) is 0 Å². The van der Waals surface area contributed by atoms with Crippen LogP contribution in [0.3, 0.4) is 0 Å². The number of rotatable bonds is 3. The van der Waals surface area contributed by atoms with Crippen LogP contribution in [0.4, 0.5) is 0 Å². The zero-order valence-corrected chi connectivity index (χ0v) is 16.2. The molecule has 1 aliphatic rings. The van der Waals surface area contributed by atoms with Crippen LogP contribution in [-0.4, -0.2) is 7.11 Å². The van der Waals surface area contributed by atoms with Gasteiger partial charge >= 0.3 is 140 Å². The summed E-state index contributed by atoms with van der Waals surface area (Å²) in [5.74, 6) is 0.356. The van der Waals surface area contributed by atoms with E-state index >= 15 is 0 Å². The Morgan fingerprint density at radius 1 is 0.833 bits per heavy atom. The van der Waals surface area contributed by atoms with Crippen LogP contribution in [0, 0.1) is 0 Å². The fraction of sp³-hybridized carbons (Fsp3) is 0.100. The molecule has 0 saturated carbocycles. The van der Waals surface area contributed by atoms with Crippen LogP contribution in [0.2, 0.25) is 0 Å². The molecule has 0 aliphatic heterocycles. The van der Waals surface area contributed by atoms with Gasteiger partial charge in [-0.3, -0.25) is 0 Å². The molecule has 120 valence electrons. The Kier molecular flexibility index (Phi) is 6.68. The van der Waals surface area contributed by atoms with Crippen molar-refractivity contribution in [2.45, 2.75) is 5.92 Å². The van der Waals surface area contributed by atoms with Crippen molar-refractivity contribution in [3.63, 3.8) is 0 Å². The van der Waals surface area contributed by atoms with Crippen LogP contribution >= 0.6 is 0 Å². The SMILES string of the molecule is C[O][Ti+2][c]1c(C2C=Cc3ccccc32)ccc2ccccc12.[Cl-].[Cl-]. The van der Waals surface area contributed by atoms with E-state index in [0.29, 0.717) is 5.92 Å². The van der Waals surface area contributed by atoms with Crippen molar-refractivity contribution in [1.82, 2.24) is 0 Å². The Hall–Kier alpha value is -1.09. The molecular formula is C20H16Cl2OTi. The van der Waals surface area contributed by atoms with E-state index < -0.39 is 19.5 Å². The van der Waals surface area contributed by atoms with Crippen molar-refractivity contribution < 1.29 is 47.7 Å². The van der Waals surface area contributed by atoms with Crippen molar-refractivity contribution in [3.8, 4) is 0 Å². The molecule has 0 heterocycles. The number of hydrogen-bond donors (Lipinski definition) is 0. The van der Waals surface area contributed by atoms with Crippen molar-refractivity contribution in [2.24, 2.45) is 0 Å². The number of fused-ring (bicyclic) bond motifs is 2. The van der Waals surface area contributed by atoms with Gasteiger partial charge in [0.05, 0.1) is 0 Å². The third kappa shape index (κ3) is 3.33. The fourth-order valence-electron chi connectivity index (χ4n) is 3.28. The molecule has 0 spiro atoms. The Morgan fingerprint density at radius 3 is 2.42 bits per heavy atom. The molecule has 4 rings (SSSR count). The van der Waals surface area contributed by atoms with E-state index in [0.717, 1.165) is 0 Å². The number of halogens is 2. The molecular weight excluding hydrogens is 375 g/mol. The number of hydrogen-bond acceptors (Lipinski definition) is 1. The topological polar surface area (TPSA) is 9.23 Å². The summed E-state index contributed by atoms with van der Waals surface area (Å²) >= 11 is -0.583. The van der Waals surface area contributed by atoms with Gasteiger partial charge in [-0.1, -0.05) is 0 Å². The second-order valence-corrected chi connectivity index (χ2v) is 7.26. The number of allylic oxidation sites excluding steroid dienone is 1. The third-order valence-electron chi connectivity index (χ3n) is 4.30. The normalized spacial score (nSPS) is 14.5. The summed E-state index contributed by atoms with van der Waals surface area (Å²) < 4.78 is 7.05. The van der Waals surface area contributed by atoms with Crippen LogP contribution in [0.25, 0.3) is 16.8 Å². The molecule has 24 heavy (non-hydrogen) atoms. The molecule has 0 bridgehead atoms. The first-order valence-electron chi connectivity index (χ1n) is 7.46. The largest absolute Gasteiger partial charge is 1.00 e. The van der Waals surface area contributed by atoms with Gasteiger partial charge in [0, 0.05) is 0 Å². The average Bonchev–Trinajstić information content (AvgIpc) is 2.99. The molecule has 1 atom stereocenters. The van der Waals surface area contributed by atoms with E-state index in [1.807, 2.05) is 7.11 Å². The molecule has 0 N–H and O–H groups in total. The van der Waals surface area contributed by atoms with Crippen LogP contribution in [-0.2, 0) is 22.9 Å². The second-order valence-electron chi connectivity index (χ2n) is 5.52. The van der Waals surface area contributed by atoms with E-state index in [9.17, 15) is 0 Å². The summed E-state index contributed by atoms with van der Waals surface area (Å²) in [6.07, 6.45) is 4.56. The molecule has 0 amide bonds. The van der Waals surface area contributed by atoms with Gasteiger partial charge in [0.1, 0.15) is 0 Å². The molecule has 1 aliphatic carbocycles. The molecule has 0 fully saturated rings. The van der Waals surface area contributed by atoms with Crippen LogP contribution in [0.1, 0.15) is 22.6 Å². The zero-order chi connectivity index (χ0) is 14.9. The zero-order valence-electron chi connectivity index (χ0n) is 13.2. The minimum absolute atomic E-state index is 0. The monoisotopic (exact) mass is 390 g/mol. The Bertz CT molecular complexity index is 876. The summed E-state index contributed by atoms with van der Waals surface area (Å²) in [5, 5.41) is 2.65. The van der Waals surface area contributed by atoms with Gasteiger partial charge in [-0.15, -0.1) is 0 Å². The van der Waals surface area contributed by atoms with Gasteiger partial charge < -0.3 is 24.8 Å². The van der Waals surface area contributed by atoms with Crippen molar-refractivity contribution in [1.29, 1.82) is 0 Å². The van der Waals surface area contributed by atoms with Gasteiger partial charge in [-0.25, -0.2) is 0 Å². The van der Waals surface area contributed by atoms with Crippen molar-refractivity contribution in [2.75, 3.05) is 7.11 Å². The minimum Gasteiger partial charge on any atom is -1.00 e. The molecule has 3 aromatic rings. The molecule has 0 saturated heterocycles. The molecule has 4 heteroatoms. The Balaban J connectivity index is 0.00000104. The molecule has 3 aromatic carbocycles. The molecule has 0 radical (unpaired) electrons. The second kappa shape index (κ2) is 8.33. The Labute approximate surface area is 164 Å². The van der Waals surface area contributed by atoms with Gasteiger partial charge in [-0.05, 0) is 0 Å². The summed E-state index contributed by atoms with van der Waals surface area (Å²) in [5.41, 5.74) is 4.15. The maximum absolute atomic E-state index is 5.63. The quantitative estimate of drug-likeness (QED) is 0.483. The summed E-state index contributed by atoms with van der Waals surface area (Å²) in [4.78, 5) is 0. The summed E-state index contributed by atoms with van der Waals surface area (Å²) in [7, 11) is 1.82. The van der Waals surface area contributed by atoms with Gasteiger partial charge in [0.15, 0.2) is 0 Å². The van der Waals surface area contributed by atoms with Crippen LogP contribution < -0.4 is 28.7 Å². The minimum atomic E-state index is -0.583. The average molecular weight is 391 g/mol. The summed E-state index contributed by atoms with van der Waals surface area (Å²) in [6, 6.07) is 21.8. The van der Waals surface area contributed by atoms with Gasteiger partial charge in [0.2, 0.25) is 0 Å². The standard InChI is InChI=1S/C19H13.CH3O.2ClH.Ti/c1-2-7-16-13-17(10-9-14(16)5-1)19-12-11-15-6-3-4-8-18(15)19;1-2;;;/h1-12,19H;1H3;2*1H;/q;-1;;;+3/p-2. The van der Waals surface area contributed by atoms with Crippen molar-refractivity contribution >= 4 is 20.7 Å². The first-order chi connectivity index (χ1) is 10.9. The van der Waals surface area contributed by atoms with Gasteiger partial charge in [0.25, 0.3) is 0 Å². The summed E-state index contributed by atoms with van der Waals surface area (Å²) in [6.45, 7) is 0. The van der Waals surface area contributed by atoms with Crippen molar-refractivity contribution in [3.05, 3.63) is 83.4 Å². The third-order valence-corrected chi connectivity index (χ3v) is 5.81. The van der Waals surface area contributed by atoms with Crippen LogP contribution in [0.15, 0.2) is 66.7 Å².